The number of Topliss-reactive ketones (excluding diaryl/α,β-unsaturated/α-hetero) is 1. The number of aryl methyl sites for hydroxylation is 2. The second-order valence-electron chi connectivity index (χ2n) is 5.00. The molecule has 2 heteroatoms. The predicted molar refractivity (Wildman–Crippen MR) is 70.5 cm³/mol. The Hall–Kier alpha value is -1.15. The molecule has 0 radical (unpaired) electrons. The largest absolute Gasteiger partial charge is 0.370 e. The van der Waals surface area contributed by atoms with E-state index in [0.29, 0.717) is 5.92 Å². The molecule has 0 aliphatic carbocycles. The second-order valence-corrected chi connectivity index (χ2v) is 5.00. The molecule has 1 atom stereocenters. The number of hydrogen-bond donors (Lipinski definition) is 0. The summed E-state index contributed by atoms with van der Waals surface area (Å²) < 4.78 is 5.56. The van der Waals surface area contributed by atoms with Crippen LogP contribution in [0.1, 0.15) is 42.3 Å². The lowest BCUT2D eigenvalue weighted by atomic mass is 10.0. The van der Waals surface area contributed by atoms with Gasteiger partial charge in [0, 0.05) is 5.56 Å². The number of carbonyl (C=O) groups is 1. The van der Waals surface area contributed by atoms with Gasteiger partial charge < -0.3 is 4.74 Å². The third-order valence-corrected chi connectivity index (χ3v) is 3.11. The molecule has 0 spiro atoms. The van der Waals surface area contributed by atoms with Crippen LogP contribution in [-0.4, -0.2) is 18.5 Å². The maximum absolute atomic E-state index is 12.0. The summed E-state index contributed by atoms with van der Waals surface area (Å²) in [5, 5.41) is 0. The van der Waals surface area contributed by atoms with Crippen molar-refractivity contribution in [3.05, 3.63) is 34.9 Å². The molecule has 1 aromatic rings. The molecule has 1 aromatic carbocycles. The van der Waals surface area contributed by atoms with E-state index in [1.165, 1.54) is 0 Å². The minimum atomic E-state index is 0.0682. The Bertz CT molecular complexity index is 394. The van der Waals surface area contributed by atoms with Gasteiger partial charge in [-0.25, -0.2) is 0 Å². The van der Waals surface area contributed by atoms with Gasteiger partial charge in [-0.15, -0.1) is 0 Å². The molecule has 0 fully saturated rings. The van der Waals surface area contributed by atoms with Crippen molar-refractivity contribution in [1.82, 2.24) is 0 Å². The van der Waals surface area contributed by atoms with Gasteiger partial charge in [-0.2, -0.15) is 0 Å². The average Bonchev–Trinajstić information content (AvgIpc) is 2.28. The zero-order valence-electron chi connectivity index (χ0n) is 11.4. The molecule has 17 heavy (non-hydrogen) atoms. The third-order valence-electron chi connectivity index (χ3n) is 3.11. The summed E-state index contributed by atoms with van der Waals surface area (Å²) in [4.78, 5) is 12.0. The van der Waals surface area contributed by atoms with Gasteiger partial charge in [0.05, 0.1) is 6.10 Å². The number of ether oxygens (including phenoxy) is 1. The maximum atomic E-state index is 12.0. The molecule has 0 bridgehead atoms. The van der Waals surface area contributed by atoms with Gasteiger partial charge in [0.2, 0.25) is 0 Å². The van der Waals surface area contributed by atoms with E-state index in [4.69, 9.17) is 4.74 Å². The topological polar surface area (TPSA) is 26.3 Å². The first-order valence-corrected chi connectivity index (χ1v) is 6.14. The highest BCUT2D eigenvalue weighted by Crippen LogP contribution is 2.13. The first-order chi connectivity index (χ1) is 7.91. The lowest BCUT2D eigenvalue weighted by Crippen LogP contribution is -2.20. The van der Waals surface area contributed by atoms with Gasteiger partial charge in [0.1, 0.15) is 6.61 Å². The van der Waals surface area contributed by atoms with Gasteiger partial charge >= 0.3 is 0 Å². The van der Waals surface area contributed by atoms with Crippen LogP contribution < -0.4 is 0 Å². The number of ketones is 1. The van der Waals surface area contributed by atoms with Crippen molar-refractivity contribution in [3.63, 3.8) is 0 Å². The molecular formula is C15H22O2. The van der Waals surface area contributed by atoms with Gasteiger partial charge in [0.15, 0.2) is 5.78 Å². The molecule has 94 valence electrons. The van der Waals surface area contributed by atoms with E-state index in [-0.39, 0.29) is 18.5 Å². The average molecular weight is 234 g/mol. The summed E-state index contributed by atoms with van der Waals surface area (Å²) >= 11 is 0. The van der Waals surface area contributed by atoms with Crippen LogP contribution in [0.15, 0.2) is 18.2 Å². The van der Waals surface area contributed by atoms with Gasteiger partial charge in [0.25, 0.3) is 0 Å². The van der Waals surface area contributed by atoms with Crippen LogP contribution in [0.5, 0.6) is 0 Å². The second kappa shape index (κ2) is 5.97. The SMILES string of the molecule is Cc1ccc(C)c(C(=O)COC(C)C(C)C)c1. The van der Waals surface area contributed by atoms with Crippen LogP contribution in [0.3, 0.4) is 0 Å². The Morgan fingerprint density at radius 2 is 1.88 bits per heavy atom. The van der Waals surface area contributed by atoms with Crippen LogP contribution in [0.25, 0.3) is 0 Å². The highest BCUT2D eigenvalue weighted by atomic mass is 16.5. The Kier molecular flexibility index (Phi) is 4.88. The van der Waals surface area contributed by atoms with Crippen molar-refractivity contribution < 1.29 is 9.53 Å². The highest BCUT2D eigenvalue weighted by Gasteiger charge is 2.13. The summed E-state index contributed by atoms with van der Waals surface area (Å²) in [7, 11) is 0. The van der Waals surface area contributed by atoms with Crippen LogP contribution in [0, 0.1) is 19.8 Å². The third kappa shape index (κ3) is 3.97. The predicted octanol–water partition coefficient (Wildman–Crippen LogP) is 3.55. The Balaban J connectivity index is 2.67. The van der Waals surface area contributed by atoms with Crippen molar-refractivity contribution in [2.24, 2.45) is 5.92 Å². The fourth-order valence-corrected chi connectivity index (χ4v) is 1.51. The summed E-state index contributed by atoms with van der Waals surface area (Å²) in [6, 6.07) is 5.93. The first-order valence-electron chi connectivity index (χ1n) is 6.14. The highest BCUT2D eigenvalue weighted by molar-refractivity contribution is 5.98. The molecule has 0 aromatic heterocycles. The molecule has 0 aliphatic heterocycles. The van der Waals surface area contributed by atoms with Crippen LogP contribution in [0.4, 0.5) is 0 Å². The van der Waals surface area contributed by atoms with Crippen molar-refractivity contribution in [3.8, 4) is 0 Å². The molecule has 1 rings (SSSR count). The summed E-state index contributed by atoms with van der Waals surface area (Å²) in [5.41, 5.74) is 2.90. The molecular weight excluding hydrogens is 212 g/mol. The number of hydrogen-bond acceptors (Lipinski definition) is 2. The smallest absolute Gasteiger partial charge is 0.188 e. The molecule has 0 N–H and O–H groups in total. The van der Waals surface area contributed by atoms with Crippen molar-refractivity contribution in [1.29, 1.82) is 0 Å². The molecule has 0 saturated carbocycles. The number of benzene rings is 1. The molecule has 0 saturated heterocycles. The maximum Gasteiger partial charge on any atom is 0.188 e. The summed E-state index contributed by atoms with van der Waals surface area (Å²) in [5.74, 6) is 0.500. The standard InChI is InChI=1S/C15H22O2/c1-10(2)13(5)17-9-15(16)14-8-11(3)6-7-12(14)4/h6-8,10,13H,9H2,1-5H3. The molecule has 0 heterocycles. The van der Waals surface area contributed by atoms with Crippen molar-refractivity contribution in [2.75, 3.05) is 6.61 Å². The van der Waals surface area contributed by atoms with E-state index >= 15 is 0 Å². The zero-order chi connectivity index (χ0) is 13.0. The fraction of sp³-hybridized carbons (Fsp3) is 0.533. The van der Waals surface area contributed by atoms with E-state index in [1.807, 2.05) is 39.0 Å². The summed E-state index contributed by atoms with van der Waals surface area (Å²) in [6.45, 7) is 10.3. The van der Waals surface area contributed by atoms with E-state index in [1.54, 1.807) is 0 Å². The van der Waals surface area contributed by atoms with Gasteiger partial charge in [-0.1, -0.05) is 31.5 Å². The Morgan fingerprint density at radius 1 is 1.24 bits per heavy atom. The Labute approximate surface area is 104 Å². The van der Waals surface area contributed by atoms with Gasteiger partial charge in [-0.05, 0) is 38.3 Å². The lowest BCUT2D eigenvalue weighted by molar-refractivity contribution is 0.0336. The number of rotatable bonds is 5. The van der Waals surface area contributed by atoms with Crippen molar-refractivity contribution in [2.45, 2.75) is 40.7 Å². The minimum Gasteiger partial charge on any atom is -0.370 e. The molecule has 1 unspecified atom stereocenters. The fourth-order valence-electron chi connectivity index (χ4n) is 1.51. The van der Waals surface area contributed by atoms with Crippen LogP contribution in [-0.2, 0) is 4.74 Å². The van der Waals surface area contributed by atoms with Crippen molar-refractivity contribution >= 4 is 5.78 Å². The van der Waals surface area contributed by atoms with E-state index in [2.05, 4.69) is 13.8 Å². The van der Waals surface area contributed by atoms with E-state index < -0.39 is 0 Å². The quantitative estimate of drug-likeness (QED) is 0.728. The monoisotopic (exact) mass is 234 g/mol. The molecule has 0 aliphatic rings. The number of carbonyl (C=O) groups excluding carboxylic acids is 1. The normalized spacial score (nSPS) is 12.8. The summed E-state index contributed by atoms with van der Waals surface area (Å²) in [6.07, 6.45) is 0.115. The van der Waals surface area contributed by atoms with Crippen LogP contribution >= 0.6 is 0 Å². The lowest BCUT2D eigenvalue weighted by Gasteiger charge is -2.16. The van der Waals surface area contributed by atoms with Crippen LogP contribution in [0.2, 0.25) is 0 Å². The molecule has 2 nitrogen and oxygen atoms in total. The van der Waals surface area contributed by atoms with E-state index in [0.717, 1.165) is 16.7 Å². The molecule has 0 amide bonds. The Morgan fingerprint density at radius 3 is 2.47 bits per heavy atom. The van der Waals surface area contributed by atoms with Gasteiger partial charge in [-0.3, -0.25) is 4.79 Å². The zero-order valence-corrected chi connectivity index (χ0v) is 11.4. The first kappa shape index (κ1) is 13.9. The van der Waals surface area contributed by atoms with E-state index in [9.17, 15) is 4.79 Å². The minimum absolute atomic E-state index is 0.0682.